The molecule has 1 aliphatic rings. The molecular weight excluding hydrogens is 280 g/mol. The van der Waals surface area contributed by atoms with Crippen molar-refractivity contribution in [2.24, 2.45) is 5.92 Å². The fourth-order valence-corrected chi connectivity index (χ4v) is 3.51. The largest absolute Gasteiger partial charge is 0.369 e. The van der Waals surface area contributed by atoms with Crippen molar-refractivity contribution in [3.8, 4) is 0 Å². The molecule has 2 aromatic rings. The third kappa shape index (κ3) is 4.94. The summed E-state index contributed by atoms with van der Waals surface area (Å²) in [4.78, 5) is 0. The van der Waals surface area contributed by atoms with Crippen molar-refractivity contribution in [1.82, 2.24) is 0 Å². The van der Waals surface area contributed by atoms with Gasteiger partial charge in [0.25, 0.3) is 0 Å². The molecule has 0 aliphatic heterocycles. The van der Waals surface area contributed by atoms with Crippen LogP contribution in [-0.2, 0) is 17.8 Å². The quantitative estimate of drug-likeness (QED) is 0.601. The molecule has 122 valence electrons. The van der Waals surface area contributed by atoms with Gasteiger partial charge in [-0.3, -0.25) is 0 Å². The fourth-order valence-electron chi connectivity index (χ4n) is 3.51. The van der Waals surface area contributed by atoms with Gasteiger partial charge >= 0.3 is 0 Å². The third-order valence-corrected chi connectivity index (χ3v) is 5.11. The van der Waals surface area contributed by atoms with Crippen LogP contribution in [0.5, 0.6) is 0 Å². The summed E-state index contributed by atoms with van der Waals surface area (Å²) in [5.41, 5.74) is 3.97. The van der Waals surface area contributed by atoms with Gasteiger partial charge in [0.15, 0.2) is 0 Å². The number of hydrogen-bond acceptors (Lipinski definition) is 1. The Hall–Kier alpha value is -1.60. The van der Waals surface area contributed by atoms with Crippen LogP contribution in [0.3, 0.4) is 0 Å². The SMILES string of the molecule is C[C@H](OCc1ccc(CCC2CCCC2)cc1)c1ccccc1. The summed E-state index contributed by atoms with van der Waals surface area (Å²) in [6.07, 6.45) is 8.51. The Morgan fingerprint density at radius 1 is 0.913 bits per heavy atom. The second-order valence-electron chi connectivity index (χ2n) is 6.87. The predicted molar refractivity (Wildman–Crippen MR) is 96.4 cm³/mol. The Morgan fingerprint density at radius 2 is 1.57 bits per heavy atom. The Kier molecular flexibility index (Phi) is 5.87. The molecule has 1 nitrogen and oxygen atoms in total. The lowest BCUT2D eigenvalue weighted by Crippen LogP contribution is -2.00. The summed E-state index contributed by atoms with van der Waals surface area (Å²) in [7, 11) is 0. The molecule has 0 N–H and O–H groups in total. The lowest BCUT2D eigenvalue weighted by Gasteiger charge is -2.14. The van der Waals surface area contributed by atoms with Gasteiger partial charge < -0.3 is 4.74 Å². The van der Waals surface area contributed by atoms with E-state index in [2.05, 4.69) is 55.5 Å². The minimum atomic E-state index is 0.137. The normalized spacial score (nSPS) is 16.6. The van der Waals surface area contributed by atoms with Crippen LogP contribution in [0.25, 0.3) is 0 Å². The van der Waals surface area contributed by atoms with E-state index in [1.54, 1.807) is 0 Å². The molecule has 0 spiro atoms. The van der Waals surface area contributed by atoms with Crippen molar-refractivity contribution < 1.29 is 4.74 Å². The maximum Gasteiger partial charge on any atom is 0.0801 e. The highest BCUT2D eigenvalue weighted by Crippen LogP contribution is 2.28. The molecule has 1 heteroatoms. The van der Waals surface area contributed by atoms with Crippen molar-refractivity contribution in [3.05, 3.63) is 71.3 Å². The molecule has 0 heterocycles. The zero-order chi connectivity index (χ0) is 15.9. The van der Waals surface area contributed by atoms with Gasteiger partial charge in [-0.1, -0.05) is 80.3 Å². The molecule has 1 fully saturated rings. The van der Waals surface area contributed by atoms with E-state index >= 15 is 0 Å². The van der Waals surface area contributed by atoms with Gasteiger partial charge in [0.2, 0.25) is 0 Å². The topological polar surface area (TPSA) is 9.23 Å². The van der Waals surface area contributed by atoms with Gasteiger partial charge in [-0.25, -0.2) is 0 Å². The lowest BCUT2D eigenvalue weighted by molar-refractivity contribution is 0.0525. The van der Waals surface area contributed by atoms with E-state index in [0.717, 1.165) is 5.92 Å². The van der Waals surface area contributed by atoms with Crippen LogP contribution in [0, 0.1) is 5.92 Å². The molecular formula is C22H28O. The van der Waals surface area contributed by atoms with E-state index < -0.39 is 0 Å². The van der Waals surface area contributed by atoms with Gasteiger partial charge in [-0.15, -0.1) is 0 Å². The number of aryl methyl sites for hydroxylation is 1. The van der Waals surface area contributed by atoms with Gasteiger partial charge in [0.05, 0.1) is 12.7 Å². The lowest BCUT2D eigenvalue weighted by atomic mass is 9.98. The maximum absolute atomic E-state index is 6.00. The highest BCUT2D eigenvalue weighted by molar-refractivity contribution is 5.22. The molecule has 1 saturated carbocycles. The summed E-state index contributed by atoms with van der Waals surface area (Å²) in [6, 6.07) is 19.4. The van der Waals surface area contributed by atoms with Crippen LogP contribution in [-0.4, -0.2) is 0 Å². The predicted octanol–water partition coefficient (Wildman–Crippen LogP) is 6.09. The minimum absolute atomic E-state index is 0.137. The first-order valence-corrected chi connectivity index (χ1v) is 9.05. The monoisotopic (exact) mass is 308 g/mol. The number of ether oxygens (including phenoxy) is 1. The molecule has 0 aromatic heterocycles. The van der Waals surface area contributed by atoms with Gasteiger partial charge in [0, 0.05) is 0 Å². The van der Waals surface area contributed by atoms with Crippen LogP contribution in [0.2, 0.25) is 0 Å². The van der Waals surface area contributed by atoms with Crippen LogP contribution in [0.4, 0.5) is 0 Å². The van der Waals surface area contributed by atoms with Crippen LogP contribution in [0.1, 0.15) is 61.8 Å². The molecule has 0 bridgehead atoms. The molecule has 3 rings (SSSR count). The first kappa shape index (κ1) is 16.3. The standard InChI is InChI=1S/C22H28O/c1-18(22-9-3-2-4-10-22)23-17-21-15-13-20(14-16-21)12-11-19-7-5-6-8-19/h2-4,9-10,13-16,18-19H,5-8,11-12,17H2,1H3/t18-/m0/s1. The zero-order valence-corrected chi connectivity index (χ0v) is 14.2. The highest BCUT2D eigenvalue weighted by atomic mass is 16.5. The molecule has 0 radical (unpaired) electrons. The van der Waals surface area contributed by atoms with Crippen molar-refractivity contribution in [2.75, 3.05) is 0 Å². The second kappa shape index (κ2) is 8.31. The molecule has 0 unspecified atom stereocenters. The Labute approximate surface area is 140 Å². The minimum Gasteiger partial charge on any atom is -0.369 e. The number of rotatable bonds is 7. The number of benzene rings is 2. The second-order valence-corrected chi connectivity index (χ2v) is 6.87. The van der Waals surface area contributed by atoms with Crippen LogP contribution in [0.15, 0.2) is 54.6 Å². The van der Waals surface area contributed by atoms with Crippen LogP contribution < -0.4 is 0 Å². The average Bonchev–Trinajstić information content (AvgIpc) is 3.13. The smallest absolute Gasteiger partial charge is 0.0801 e. The van der Waals surface area contributed by atoms with Crippen LogP contribution >= 0.6 is 0 Å². The average molecular weight is 308 g/mol. The summed E-state index contributed by atoms with van der Waals surface area (Å²) >= 11 is 0. The fraction of sp³-hybridized carbons (Fsp3) is 0.455. The van der Waals surface area contributed by atoms with E-state index in [-0.39, 0.29) is 6.10 Å². The van der Waals surface area contributed by atoms with E-state index in [4.69, 9.17) is 4.74 Å². The Bertz CT molecular complexity index is 567. The summed E-state index contributed by atoms with van der Waals surface area (Å²) in [5.74, 6) is 0.977. The van der Waals surface area contributed by atoms with Gasteiger partial charge in [-0.2, -0.15) is 0 Å². The summed E-state index contributed by atoms with van der Waals surface area (Å²) in [5, 5.41) is 0. The van der Waals surface area contributed by atoms with E-state index in [9.17, 15) is 0 Å². The summed E-state index contributed by atoms with van der Waals surface area (Å²) in [6.45, 7) is 2.80. The first-order chi connectivity index (χ1) is 11.3. The van der Waals surface area contributed by atoms with E-state index in [1.165, 1.54) is 55.2 Å². The first-order valence-electron chi connectivity index (χ1n) is 9.05. The third-order valence-electron chi connectivity index (χ3n) is 5.11. The molecule has 1 atom stereocenters. The Balaban J connectivity index is 1.45. The molecule has 0 saturated heterocycles. The van der Waals surface area contributed by atoms with Gasteiger partial charge in [-0.05, 0) is 42.4 Å². The zero-order valence-electron chi connectivity index (χ0n) is 14.2. The van der Waals surface area contributed by atoms with Gasteiger partial charge in [0.1, 0.15) is 0 Å². The number of hydrogen-bond donors (Lipinski definition) is 0. The van der Waals surface area contributed by atoms with E-state index in [0.29, 0.717) is 6.61 Å². The Morgan fingerprint density at radius 3 is 2.26 bits per heavy atom. The van der Waals surface area contributed by atoms with E-state index in [1.807, 2.05) is 6.07 Å². The molecule has 1 aliphatic carbocycles. The van der Waals surface area contributed by atoms with Crippen molar-refractivity contribution in [2.45, 2.75) is 58.2 Å². The highest BCUT2D eigenvalue weighted by Gasteiger charge is 2.14. The maximum atomic E-state index is 6.00. The molecule has 23 heavy (non-hydrogen) atoms. The molecule has 0 amide bonds. The summed E-state index contributed by atoms with van der Waals surface area (Å²) < 4.78 is 6.00. The van der Waals surface area contributed by atoms with Crippen molar-refractivity contribution >= 4 is 0 Å². The molecule has 2 aromatic carbocycles. The van der Waals surface area contributed by atoms with Crippen molar-refractivity contribution in [1.29, 1.82) is 0 Å². The van der Waals surface area contributed by atoms with Crippen molar-refractivity contribution in [3.63, 3.8) is 0 Å².